The summed E-state index contributed by atoms with van der Waals surface area (Å²) in [6.07, 6.45) is 16.1. The van der Waals surface area contributed by atoms with Crippen LogP contribution >= 0.6 is 0 Å². The quantitative estimate of drug-likeness (QED) is 0.0733. The van der Waals surface area contributed by atoms with Crippen molar-refractivity contribution < 1.29 is 28.9 Å². The normalized spacial score (nSPS) is 23.6. The molecule has 1 saturated heterocycles. The minimum absolute atomic E-state index is 0. The molecule has 8 bridgehead atoms. The molecule has 304 valence electrons. The second-order valence-electron chi connectivity index (χ2n) is 16.1. The van der Waals surface area contributed by atoms with E-state index in [4.69, 9.17) is 24.4 Å². The molecule has 3 aliphatic rings. The predicted molar refractivity (Wildman–Crippen MR) is 229 cm³/mol. The Bertz CT molecular complexity index is 2320. The van der Waals surface area contributed by atoms with Gasteiger partial charge in [0, 0.05) is 29.4 Å². The number of quaternary nitrogens is 1. The number of rotatable bonds is 14. The third-order valence-electron chi connectivity index (χ3n) is 12.5. The van der Waals surface area contributed by atoms with Crippen molar-refractivity contribution in [2.24, 2.45) is 23.7 Å². The third-order valence-corrected chi connectivity index (χ3v) is 12.5. The zero-order valence-electron chi connectivity index (χ0n) is 35.8. The van der Waals surface area contributed by atoms with Gasteiger partial charge < -0.3 is 34.7 Å². The molecule has 0 radical (unpaired) electrons. The summed E-state index contributed by atoms with van der Waals surface area (Å²) < 4.78 is 10.9. The van der Waals surface area contributed by atoms with Crippen LogP contribution in [0.15, 0.2) is 29.6 Å². The molecule has 5 atom stereocenters. The van der Waals surface area contributed by atoms with Crippen molar-refractivity contribution in [2.75, 3.05) is 13.7 Å². The predicted octanol–water partition coefficient (Wildman–Crippen LogP) is 5.54. The molecule has 0 spiro atoms. The minimum Gasteiger partial charge on any atom is -0.657 e. The smallest absolute Gasteiger partial charge is 0.657 e. The molecule has 58 heavy (non-hydrogen) atoms. The summed E-state index contributed by atoms with van der Waals surface area (Å²) in [6, 6.07) is 0. The molecule has 0 aromatic carbocycles. The van der Waals surface area contributed by atoms with Crippen LogP contribution in [0, 0.1) is 49.7 Å². The number of ether oxygens (including phenoxy) is 2. The van der Waals surface area contributed by atoms with Crippen LogP contribution in [0.5, 0.6) is 0 Å². The first-order valence-electron chi connectivity index (χ1n) is 20.5. The standard InChI is InChI=1S/C47H58N4O6.Mg/c1-11-15-25(4)16-14-17-26(5)20-21-57-40(52)19-18-33-29(8)39-24-36-28(7)32(13-3)37(49-36)22-34-27(6)31(12-2)38(48-34)23-35-30(9)41-44(50-35)42(45(33)51(39)55)43(46(41)53)47(54)56-10;/h13,20,22-25,29,33,43,51H,3,11-12,14-19,21H2,1-2,4-10H3,(H,50,53);/q-2;+2/p-1/b26-20+,34-22-,38-23-,39-24-,45-42-;/t25-,29+,33+,43-;/m1./s1. The molecule has 3 aromatic rings. The van der Waals surface area contributed by atoms with Crippen molar-refractivity contribution in [1.82, 2.24) is 15.0 Å². The van der Waals surface area contributed by atoms with E-state index in [9.17, 15) is 19.6 Å². The molecule has 1 aliphatic carbocycles. The molecule has 6 rings (SSSR count). The number of fused-ring (bicyclic) bond motifs is 7. The number of carbonyl (C=O) groups excluding carboxylic acids is 3. The van der Waals surface area contributed by atoms with Crippen LogP contribution in [0.3, 0.4) is 0 Å². The van der Waals surface area contributed by atoms with E-state index in [1.807, 2.05) is 52.0 Å². The van der Waals surface area contributed by atoms with Gasteiger partial charge in [-0.1, -0.05) is 99.6 Å². The molecular formula is C47H57MgN4O6-. The van der Waals surface area contributed by atoms with Gasteiger partial charge in [-0.3, -0.25) is 14.4 Å². The van der Waals surface area contributed by atoms with Gasteiger partial charge in [0.05, 0.1) is 7.11 Å². The molecule has 0 saturated carbocycles. The molecule has 0 amide bonds. The number of ketones is 1. The van der Waals surface area contributed by atoms with Gasteiger partial charge in [-0.25, -0.2) is 0 Å². The number of hydroxylamine groups is 2. The SMILES string of the molecule is C=Cc1c2[n-]c(c1C)/C=C1/[C@@H](C)[C@H](CCC(=O)OC/C=C(\C)CCC[C@H](C)CCC)/C(=C3/c4[n-]c(c(C)c4C(=O)[C@@H]3C(=O)OC)/C=c3\[n-]/c(c(C)c3CC)=C\2)[NH+]1[O-].[Mg+2]. The monoisotopic (exact) mass is 797 g/mol. The maximum atomic E-state index is 14.9. The largest absolute Gasteiger partial charge is 2.00 e. The average Bonchev–Trinajstić information content (AvgIpc) is 3.90. The van der Waals surface area contributed by atoms with Gasteiger partial charge in [0.15, 0.2) is 5.78 Å². The van der Waals surface area contributed by atoms with Gasteiger partial charge in [0.2, 0.25) is 0 Å². The third kappa shape index (κ3) is 8.46. The second-order valence-corrected chi connectivity index (χ2v) is 16.1. The Balaban J connectivity index is 0.00000641. The van der Waals surface area contributed by atoms with Crippen LogP contribution in [-0.4, -0.2) is 54.5 Å². The average molecular weight is 798 g/mol. The number of aromatic nitrogens is 3. The summed E-state index contributed by atoms with van der Waals surface area (Å²) >= 11 is 0. The molecule has 2 aliphatic heterocycles. The minimum atomic E-state index is -1.36. The van der Waals surface area contributed by atoms with Crippen LogP contribution in [0.1, 0.15) is 141 Å². The van der Waals surface area contributed by atoms with Crippen LogP contribution in [-0.2, 0) is 25.5 Å². The molecule has 1 fully saturated rings. The van der Waals surface area contributed by atoms with Crippen LogP contribution in [0.4, 0.5) is 0 Å². The molecular weight excluding hydrogens is 741 g/mol. The van der Waals surface area contributed by atoms with Crippen molar-refractivity contribution >= 4 is 70.7 Å². The summed E-state index contributed by atoms with van der Waals surface area (Å²) in [4.78, 5) is 56.2. The Labute approximate surface area is 358 Å². The zero-order chi connectivity index (χ0) is 41.3. The van der Waals surface area contributed by atoms with Crippen LogP contribution in [0.25, 0.3) is 29.9 Å². The summed E-state index contributed by atoms with van der Waals surface area (Å²) in [5, 5.41) is 16.1. The summed E-state index contributed by atoms with van der Waals surface area (Å²) in [5.41, 5.74) is 9.12. The van der Waals surface area contributed by atoms with Gasteiger partial charge in [-0.05, 0) is 77.0 Å². The number of allylic oxidation sites excluding steroid dienone is 3. The van der Waals surface area contributed by atoms with E-state index in [0.717, 1.165) is 52.2 Å². The van der Waals surface area contributed by atoms with E-state index in [1.54, 1.807) is 6.08 Å². The topological polar surface area (TPSA) is 139 Å². The molecule has 3 aromatic heterocycles. The van der Waals surface area contributed by atoms with E-state index in [0.29, 0.717) is 51.2 Å². The Morgan fingerprint density at radius 1 is 0.983 bits per heavy atom. The van der Waals surface area contributed by atoms with Crippen molar-refractivity contribution in [3.05, 3.63) is 102 Å². The second kappa shape index (κ2) is 18.8. The van der Waals surface area contributed by atoms with Crippen molar-refractivity contribution in [2.45, 2.75) is 107 Å². The van der Waals surface area contributed by atoms with Gasteiger partial charge in [0.25, 0.3) is 0 Å². The van der Waals surface area contributed by atoms with Crippen molar-refractivity contribution in [1.29, 1.82) is 0 Å². The maximum absolute atomic E-state index is 14.9. The fourth-order valence-corrected chi connectivity index (χ4v) is 9.09. The fourth-order valence-electron chi connectivity index (χ4n) is 9.09. The molecule has 10 nitrogen and oxygen atoms in total. The Kier molecular flexibility index (Phi) is 14.6. The first-order chi connectivity index (χ1) is 27.3. The number of methoxy groups -OCH3 is 1. The van der Waals surface area contributed by atoms with E-state index >= 15 is 0 Å². The summed E-state index contributed by atoms with van der Waals surface area (Å²) in [6.45, 7) is 20.7. The van der Waals surface area contributed by atoms with E-state index < -0.39 is 23.6 Å². The van der Waals surface area contributed by atoms with Crippen molar-refractivity contribution in [3.63, 3.8) is 0 Å². The van der Waals surface area contributed by atoms with Gasteiger partial charge in [-0.15, -0.1) is 33.5 Å². The Morgan fingerprint density at radius 3 is 2.36 bits per heavy atom. The maximum Gasteiger partial charge on any atom is 2.00 e. The van der Waals surface area contributed by atoms with E-state index in [-0.39, 0.29) is 65.0 Å². The molecule has 5 heterocycles. The zero-order valence-corrected chi connectivity index (χ0v) is 37.2. The number of Topliss-reactive ketones (excluding diaryl/α,β-unsaturated/α-hetero) is 1. The molecule has 1 unspecified atom stereocenters. The molecule has 1 N–H and O–H groups in total. The summed E-state index contributed by atoms with van der Waals surface area (Å²) in [5.74, 6) is -3.14. The number of esters is 2. The fraction of sp³-hybridized carbons (Fsp3) is 0.468. The Morgan fingerprint density at radius 2 is 1.69 bits per heavy atom. The first-order valence-corrected chi connectivity index (χ1v) is 20.5. The van der Waals surface area contributed by atoms with Gasteiger partial charge >= 0.3 is 35.0 Å². The number of hydrogen-bond donors (Lipinski definition) is 1. The number of carbonyl (C=O) groups is 3. The van der Waals surface area contributed by atoms with Crippen LogP contribution < -0.4 is 30.7 Å². The Hall–Kier alpha value is -4.16. The number of nitrogens with one attached hydrogen (secondary N) is 1. The van der Waals surface area contributed by atoms with Gasteiger partial charge in [0.1, 0.15) is 23.9 Å². The number of hydrogen-bond acceptors (Lipinski definition) is 6. The van der Waals surface area contributed by atoms with E-state index in [1.165, 1.54) is 31.9 Å². The molecule has 11 heteroatoms. The van der Waals surface area contributed by atoms with Crippen LogP contribution in [0.2, 0.25) is 0 Å². The summed E-state index contributed by atoms with van der Waals surface area (Å²) in [7, 11) is 1.24. The number of nitrogens with zero attached hydrogens (tertiary/aromatic N) is 3. The van der Waals surface area contributed by atoms with E-state index in [2.05, 4.69) is 34.3 Å². The van der Waals surface area contributed by atoms with Gasteiger partial charge in [-0.2, -0.15) is 0 Å². The van der Waals surface area contributed by atoms with Crippen molar-refractivity contribution in [3.8, 4) is 0 Å². The first kappa shape index (κ1) is 44.9.